The van der Waals surface area contributed by atoms with Crippen LogP contribution in [0.3, 0.4) is 0 Å². The SMILES string of the molecule is C[C@@H](OC(=O)CCN1C(=O)[C@H]2CCCC[C@H]2C1=O)C(=O)Nc1ccc2c(c1)CCC2. The number of benzene rings is 1. The first-order valence-electron chi connectivity index (χ1n) is 10.9. The summed E-state index contributed by atoms with van der Waals surface area (Å²) in [7, 11) is 0. The van der Waals surface area contributed by atoms with Crippen LogP contribution in [0.15, 0.2) is 18.2 Å². The van der Waals surface area contributed by atoms with E-state index in [1.807, 2.05) is 18.2 Å². The highest BCUT2D eigenvalue weighted by molar-refractivity contribution is 6.05. The molecule has 1 aromatic rings. The number of aryl methyl sites for hydroxylation is 2. The van der Waals surface area contributed by atoms with Crippen LogP contribution in [0, 0.1) is 11.8 Å². The molecule has 0 aromatic heterocycles. The van der Waals surface area contributed by atoms with E-state index < -0.39 is 18.0 Å². The molecule has 7 nitrogen and oxygen atoms in total. The molecule has 2 aliphatic carbocycles. The summed E-state index contributed by atoms with van der Waals surface area (Å²) in [5, 5.41) is 2.79. The van der Waals surface area contributed by atoms with E-state index in [-0.39, 0.29) is 36.6 Å². The molecule has 3 amide bonds. The van der Waals surface area contributed by atoms with Gasteiger partial charge in [-0.05, 0) is 62.3 Å². The molecule has 0 bridgehead atoms. The second kappa shape index (κ2) is 8.58. The fourth-order valence-electron chi connectivity index (χ4n) is 4.86. The van der Waals surface area contributed by atoms with Crippen LogP contribution in [0.1, 0.15) is 56.6 Å². The number of likely N-dealkylation sites (tertiary alicyclic amines) is 1. The lowest BCUT2D eigenvalue weighted by molar-refractivity contribution is -0.154. The standard InChI is InChI=1S/C23H28N2O5/c1-14(21(27)24-17-10-9-15-5-4-6-16(15)13-17)30-20(26)11-12-25-22(28)18-7-2-3-8-19(18)23(25)29/h9-10,13-14,18-19H,2-8,11-12H2,1H3,(H,24,27)/t14-,18-,19+/m1/s1. The summed E-state index contributed by atoms with van der Waals surface area (Å²) in [6.07, 6.45) is 5.57. The van der Waals surface area contributed by atoms with Gasteiger partial charge in [-0.25, -0.2) is 0 Å². The van der Waals surface area contributed by atoms with E-state index in [4.69, 9.17) is 4.74 Å². The molecule has 1 N–H and O–H groups in total. The van der Waals surface area contributed by atoms with E-state index in [1.54, 1.807) is 0 Å². The first-order chi connectivity index (χ1) is 14.4. The number of fused-ring (bicyclic) bond motifs is 2. The lowest BCUT2D eigenvalue weighted by atomic mass is 9.81. The molecule has 4 rings (SSSR count). The van der Waals surface area contributed by atoms with Crippen molar-refractivity contribution >= 4 is 29.4 Å². The van der Waals surface area contributed by atoms with Crippen molar-refractivity contribution in [1.82, 2.24) is 4.90 Å². The lowest BCUT2D eigenvalue weighted by Crippen LogP contribution is -2.35. The van der Waals surface area contributed by atoms with Crippen LogP contribution in [0.5, 0.6) is 0 Å². The molecule has 30 heavy (non-hydrogen) atoms. The summed E-state index contributed by atoms with van der Waals surface area (Å²) in [4.78, 5) is 50.7. The van der Waals surface area contributed by atoms with Crippen molar-refractivity contribution in [1.29, 1.82) is 0 Å². The topological polar surface area (TPSA) is 92.8 Å². The van der Waals surface area contributed by atoms with Crippen LogP contribution < -0.4 is 5.32 Å². The Balaban J connectivity index is 1.26. The quantitative estimate of drug-likeness (QED) is 0.573. The molecule has 0 spiro atoms. The zero-order valence-electron chi connectivity index (χ0n) is 17.3. The zero-order chi connectivity index (χ0) is 21.3. The van der Waals surface area contributed by atoms with Gasteiger partial charge in [-0.2, -0.15) is 0 Å². The molecule has 1 aromatic carbocycles. The van der Waals surface area contributed by atoms with E-state index in [2.05, 4.69) is 5.32 Å². The molecular weight excluding hydrogens is 384 g/mol. The zero-order valence-corrected chi connectivity index (χ0v) is 17.3. The maximum Gasteiger partial charge on any atom is 0.308 e. The lowest BCUT2D eigenvalue weighted by Gasteiger charge is -2.19. The van der Waals surface area contributed by atoms with Crippen molar-refractivity contribution in [2.24, 2.45) is 11.8 Å². The van der Waals surface area contributed by atoms with Gasteiger partial charge in [0.15, 0.2) is 6.10 Å². The predicted molar refractivity (Wildman–Crippen MR) is 109 cm³/mol. The molecule has 1 aliphatic heterocycles. The van der Waals surface area contributed by atoms with Gasteiger partial charge in [-0.3, -0.25) is 24.1 Å². The molecule has 1 heterocycles. The normalized spacial score (nSPS) is 23.7. The van der Waals surface area contributed by atoms with Crippen LogP contribution in [0.2, 0.25) is 0 Å². The van der Waals surface area contributed by atoms with E-state index >= 15 is 0 Å². The highest BCUT2D eigenvalue weighted by atomic mass is 16.5. The fraction of sp³-hybridized carbons (Fsp3) is 0.565. The Morgan fingerprint density at radius 3 is 2.43 bits per heavy atom. The van der Waals surface area contributed by atoms with E-state index in [0.717, 1.165) is 44.9 Å². The number of carbonyl (C=O) groups is 4. The number of esters is 1. The molecule has 160 valence electrons. The van der Waals surface area contributed by atoms with E-state index in [1.165, 1.54) is 23.0 Å². The summed E-state index contributed by atoms with van der Waals surface area (Å²) in [6, 6.07) is 5.86. The third kappa shape index (κ3) is 4.11. The van der Waals surface area contributed by atoms with E-state index in [0.29, 0.717) is 5.69 Å². The van der Waals surface area contributed by atoms with Gasteiger partial charge in [-0.1, -0.05) is 18.9 Å². The number of ether oxygens (including phenoxy) is 1. The first kappa shape index (κ1) is 20.6. The van der Waals surface area contributed by atoms with Gasteiger partial charge in [0.1, 0.15) is 0 Å². The summed E-state index contributed by atoms with van der Waals surface area (Å²) in [5.41, 5.74) is 3.26. The number of anilines is 1. The number of carbonyl (C=O) groups excluding carboxylic acids is 4. The minimum absolute atomic E-state index is 0.0165. The molecule has 7 heteroatoms. The molecule has 3 aliphatic rings. The molecular formula is C23H28N2O5. The molecule has 0 radical (unpaired) electrons. The summed E-state index contributed by atoms with van der Waals surface area (Å²) in [5.74, 6) is -1.78. The van der Waals surface area contributed by atoms with Crippen molar-refractivity contribution in [2.45, 2.75) is 64.4 Å². The molecule has 0 unspecified atom stereocenters. The van der Waals surface area contributed by atoms with Gasteiger partial charge in [0, 0.05) is 12.2 Å². The molecule has 2 fully saturated rings. The molecule has 1 saturated carbocycles. The third-order valence-corrected chi connectivity index (χ3v) is 6.52. The van der Waals surface area contributed by atoms with Gasteiger partial charge in [0.2, 0.25) is 11.8 Å². The number of hydrogen-bond donors (Lipinski definition) is 1. The number of nitrogens with one attached hydrogen (secondary N) is 1. The Kier molecular flexibility index (Phi) is 5.88. The van der Waals surface area contributed by atoms with Crippen molar-refractivity contribution in [2.75, 3.05) is 11.9 Å². The number of nitrogens with zero attached hydrogens (tertiary/aromatic N) is 1. The number of imide groups is 1. The monoisotopic (exact) mass is 412 g/mol. The van der Waals surface area contributed by atoms with Crippen molar-refractivity contribution in [3.63, 3.8) is 0 Å². The van der Waals surface area contributed by atoms with Crippen LogP contribution in [0.4, 0.5) is 5.69 Å². The van der Waals surface area contributed by atoms with Gasteiger partial charge in [0.25, 0.3) is 5.91 Å². The predicted octanol–water partition coefficient (Wildman–Crippen LogP) is 2.61. The molecule has 3 atom stereocenters. The Labute approximate surface area is 176 Å². The van der Waals surface area contributed by atoms with Crippen LogP contribution in [-0.4, -0.2) is 41.2 Å². The third-order valence-electron chi connectivity index (χ3n) is 6.52. The van der Waals surface area contributed by atoms with Gasteiger partial charge in [0.05, 0.1) is 18.3 Å². The largest absolute Gasteiger partial charge is 0.452 e. The van der Waals surface area contributed by atoms with E-state index in [9.17, 15) is 19.2 Å². The molecule has 1 saturated heterocycles. The Morgan fingerprint density at radius 1 is 1.07 bits per heavy atom. The van der Waals surface area contributed by atoms with Crippen molar-refractivity contribution in [3.8, 4) is 0 Å². The summed E-state index contributed by atoms with van der Waals surface area (Å²) in [6.45, 7) is 1.53. The first-order valence-corrected chi connectivity index (χ1v) is 10.9. The minimum atomic E-state index is -0.960. The van der Waals surface area contributed by atoms with Crippen molar-refractivity contribution < 1.29 is 23.9 Å². The Hall–Kier alpha value is -2.70. The average molecular weight is 412 g/mol. The van der Waals surface area contributed by atoms with Gasteiger partial charge in [-0.15, -0.1) is 0 Å². The highest BCUT2D eigenvalue weighted by Gasteiger charge is 2.47. The average Bonchev–Trinajstić information content (AvgIpc) is 3.29. The Bertz CT molecular complexity index is 856. The summed E-state index contributed by atoms with van der Waals surface area (Å²) < 4.78 is 5.23. The number of hydrogen-bond acceptors (Lipinski definition) is 5. The van der Waals surface area contributed by atoms with Gasteiger partial charge >= 0.3 is 5.97 Å². The maximum atomic E-state index is 12.5. The van der Waals surface area contributed by atoms with Crippen LogP contribution in [0.25, 0.3) is 0 Å². The second-order valence-corrected chi connectivity index (χ2v) is 8.53. The van der Waals surface area contributed by atoms with Crippen LogP contribution in [-0.2, 0) is 36.8 Å². The van der Waals surface area contributed by atoms with Gasteiger partial charge < -0.3 is 10.1 Å². The minimum Gasteiger partial charge on any atom is -0.452 e. The number of amides is 3. The second-order valence-electron chi connectivity index (χ2n) is 8.53. The fourth-order valence-corrected chi connectivity index (χ4v) is 4.86. The number of rotatable bonds is 6. The van der Waals surface area contributed by atoms with Crippen molar-refractivity contribution in [3.05, 3.63) is 29.3 Å². The highest BCUT2D eigenvalue weighted by Crippen LogP contribution is 2.38. The van der Waals surface area contributed by atoms with Crippen LogP contribution >= 0.6 is 0 Å². The maximum absolute atomic E-state index is 12.5. The summed E-state index contributed by atoms with van der Waals surface area (Å²) >= 11 is 0. The Morgan fingerprint density at radius 2 is 1.73 bits per heavy atom. The smallest absolute Gasteiger partial charge is 0.308 e.